The lowest BCUT2D eigenvalue weighted by Gasteiger charge is -2.12. The number of hydrogen-bond acceptors (Lipinski definition) is 4. The Bertz CT molecular complexity index is 622. The van der Waals surface area contributed by atoms with E-state index in [-0.39, 0.29) is 0 Å². The number of hydrogen-bond donors (Lipinski definition) is 2. The molecule has 0 saturated heterocycles. The minimum atomic E-state index is 0.731. The number of aryl methyl sites for hydroxylation is 2. The van der Waals surface area contributed by atoms with Gasteiger partial charge in [0.15, 0.2) is 5.96 Å². The zero-order valence-corrected chi connectivity index (χ0v) is 14.7. The molecule has 0 saturated carbocycles. The molecule has 6 heteroatoms. The van der Waals surface area contributed by atoms with E-state index in [1.54, 1.807) is 25.5 Å². The van der Waals surface area contributed by atoms with Crippen LogP contribution in [0, 0.1) is 6.92 Å². The molecule has 1 heterocycles. The first kappa shape index (κ1) is 17.3. The van der Waals surface area contributed by atoms with Gasteiger partial charge in [-0.25, -0.2) is 4.98 Å². The van der Waals surface area contributed by atoms with Gasteiger partial charge in [-0.05, 0) is 31.0 Å². The minimum absolute atomic E-state index is 0.731. The molecule has 0 fully saturated rings. The highest BCUT2D eigenvalue weighted by Crippen LogP contribution is 2.11. The molecule has 5 nitrogen and oxygen atoms in total. The number of guanidine groups is 1. The Balaban J connectivity index is 1.68. The third-order valence-corrected chi connectivity index (χ3v) is 4.40. The van der Waals surface area contributed by atoms with Crippen molar-refractivity contribution in [2.75, 3.05) is 20.7 Å². The van der Waals surface area contributed by atoms with Gasteiger partial charge in [-0.2, -0.15) is 0 Å². The fourth-order valence-corrected chi connectivity index (χ4v) is 2.93. The van der Waals surface area contributed by atoms with Gasteiger partial charge in [-0.1, -0.05) is 12.1 Å². The lowest BCUT2D eigenvalue weighted by atomic mass is 10.2. The summed E-state index contributed by atoms with van der Waals surface area (Å²) in [5.41, 5.74) is 2.29. The van der Waals surface area contributed by atoms with Gasteiger partial charge in [0.1, 0.15) is 5.75 Å². The summed E-state index contributed by atoms with van der Waals surface area (Å²) in [7, 11) is 3.46. The summed E-state index contributed by atoms with van der Waals surface area (Å²) in [5, 5.41) is 9.94. The van der Waals surface area contributed by atoms with Crippen LogP contribution in [0.5, 0.6) is 5.75 Å². The molecule has 2 rings (SSSR count). The number of aliphatic imine (C=N–C) groups is 1. The second-order valence-corrected chi connectivity index (χ2v) is 6.13. The van der Waals surface area contributed by atoms with Crippen molar-refractivity contribution >= 4 is 17.3 Å². The third kappa shape index (κ3) is 5.90. The summed E-state index contributed by atoms with van der Waals surface area (Å²) >= 11 is 1.73. The molecule has 2 aromatic rings. The van der Waals surface area contributed by atoms with E-state index in [0.717, 1.165) is 43.3 Å². The Labute approximate surface area is 141 Å². The molecule has 0 unspecified atom stereocenters. The van der Waals surface area contributed by atoms with Crippen molar-refractivity contribution in [3.8, 4) is 5.75 Å². The molecule has 0 atom stereocenters. The van der Waals surface area contributed by atoms with Gasteiger partial charge in [0, 0.05) is 37.6 Å². The molecule has 1 aromatic heterocycles. The van der Waals surface area contributed by atoms with E-state index >= 15 is 0 Å². The highest BCUT2D eigenvalue weighted by Gasteiger charge is 2.01. The smallest absolute Gasteiger partial charge is 0.191 e. The second kappa shape index (κ2) is 9.15. The first-order chi connectivity index (χ1) is 11.2. The maximum atomic E-state index is 5.16. The summed E-state index contributed by atoms with van der Waals surface area (Å²) in [4.78, 5) is 8.71. The van der Waals surface area contributed by atoms with Crippen molar-refractivity contribution in [3.05, 3.63) is 45.9 Å². The Kier molecular flexibility index (Phi) is 6.87. The molecule has 23 heavy (non-hydrogen) atoms. The van der Waals surface area contributed by atoms with Gasteiger partial charge in [-0.15, -0.1) is 11.3 Å². The number of methoxy groups -OCH3 is 1. The standard InChI is InChI=1S/C17H24N4OS/c1-13-12-23-16(21-13)5-4-10-19-17(18-2)20-11-14-6-8-15(22-3)9-7-14/h6-9,12H,4-5,10-11H2,1-3H3,(H2,18,19,20). The van der Waals surface area contributed by atoms with Crippen molar-refractivity contribution in [2.24, 2.45) is 4.99 Å². The molecule has 0 radical (unpaired) electrons. The molecule has 0 aliphatic carbocycles. The maximum Gasteiger partial charge on any atom is 0.191 e. The topological polar surface area (TPSA) is 58.5 Å². The largest absolute Gasteiger partial charge is 0.497 e. The Morgan fingerprint density at radius 1 is 1.26 bits per heavy atom. The molecule has 0 aliphatic heterocycles. The van der Waals surface area contributed by atoms with E-state index in [1.807, 2.05) is 31.2 Å². The lowest BCUT2D eigenvalue weighted by Crippen LogP contribution is -2.37. The summed E-state index contributed by atoms with van der Waals surface area (Å²) in [6.45, 7) is 3.64. The van der Waals surface area contributed by atoms with E-state index in [0.29, 0.717) is 0 Å². The second-order valence-electron chi connectivity index (χ2n) is 5.19. The molecule has 1 aromatic carbocycles. The highest BCUT2D eigenvalue weighted by molar-refractivity contribution is 7.09. The SMILES string of the molecule is CN=C(NCCCc1nc(C)cs1)NCc1ccc(OC)cc1. The molecule has 0 amide bonds. The van der Waals surface area contributed by atoms with Crippen LogP contribution in [0.2, 0.25) is 0 Å². The average molecular weight is 332 g/mol. The van der Waals surface area contributed by atoms with Crippen LogP contribution in [0.25, 0.3) is 0 Å². The van der Waals surface area contributed by atoms with Crippen molar-refractivity contribution < 1.29 is 4.74 Å². The van der Waals surface area contributed by atoms with Crippen LogP contribution in [-0.2, 0) is 13.0 Å². The molecule has 124 valence electrons. The van der Waals surface area contributed by atoms with Crippen molar-refractivity contribution in [3.63, 3.8) is 0 Å². The normalized spacial score (nSPS) is 11.3. The third-order valence-electron chi connectivity index (χ3n) is 3.37. The lowest BCUT2D eigenvalue weighted by molar-refractivity contribution is 0.414. The summed E-state index contributed by atoms with van der Waals surface area (Å²) in [6.07, 6.45) is 2.04. The molecule has 2 N–H and O–H groups in total. The quantitative estimate of drug-likeness (QED) is 0.465. The zero-order chi connectivity index (χ0) is 16.5. The van der Waals surface area contributed by atoms with Crippen molar-refractivity contribution in [1.82, 2.24) is 15.6 Å². The fraction of sp³-hybridized carbons (Fsp3) is 0.412. The number of aromatic nitrogens is 1. The Morgan fingerprint density at radius 3 is 2.65 bits per heavy atom. The summed E-state index contributed by atoms with van der Waals surface area (Å²) < 4.78 is 5.16. The summed E-state index contributed by atoms with van der Waals surface area (Å²) in [6, 6.07) is 8.01. The number of nitrogens with zero attached hydrogens (tertiary/aromatic N) is 2. The predicted octanol–water partition coefficient (Wildman–Crippen LogP) is 2.76. The van der Waals surface area contributed by atoms with Gasteiger partial charge in [-0.3, -0.25) is 4.99 Å². The number of thiazole rings is 1. The van der Waals surface area contributed by atoms with E-state index in [2.05, 4.69) is 26.0 Å². The average Bonchev–Trinajstić information content (AvgIpc) is 3.00. The van der Waals surface area contributed by atoms with Crippen LogP contribution in [0.1, 0.15) is 22.7 Å². The number of ether oxygens (including phenoxy) is 1. The Morgan fingerprint density at radius 2 is 2.04 bits per heavy atom. The van der Waals surface area contributed by atoms with E-state index in [1.165, 1.54) is 10.6 Å². The number of benzene rings is 1. The molecular formula is C17H24N4OS. The minimum Gasteiger partial charge on any atom is -0.497 e. The molecule has 0 aliphatic rings. The van der Waals surface area contributed by atoms with E-state index in [9.17, 15) is 0 Å². The van der Waals surface area contributed by atoms with E-state index < -0.39 is 0 Å². The monoisotopic (exact) mass is 332 g/mol. The predicted molar refractivity (Wildman–Crippen MR) is 96.4 cm³/mol. The fourth-order valence-electron chi connectivity index (χ4n) is 2.11. The number of nitrogens with one attached hydrogen (secondary N) is 2. The van der Waals surface area contributed by atoms with Crippen LogP contribution < -0.4 is 15.4 Å². The first-order valence-corrected chi connectivity index (χ1v) is 8.57. The van der Waals surface area contributed by atoms with Crippen LogP contribution in [0.4, 0.5) is 0 Å². The maximum absolute atomic E-state index is 5.16. The summed E-state index contributed by atoms with van der Waals surface area (Å²) in [5.74, 6) is 1.69. The van der Waals surface area contributed by atoms with Gasteiger partial charge in [0.2, 0.25) is 0 Å². The van der Waals surface area contributed by atoms with Crippen LogP contribution in [0.3, 0.4) is 0 Å². The van der Waals surface area contributed by atoms with Crippen molar-refractivity contribution in [2.45, 2.75) is 26.3 Å². The van der Waals surface area contributed by atoms with Gasteiger partial charge < -0.3 is 15.4 Å². The zero-order valence-electron chi connectivity index (χ0n) is 13.9. The highest BCUT2D eigenvalue weighted by atomic mass is 32.1. The molecule has 0 bridgehead atoms. The van der Waals surface area contributed by atoms with E-state index in [4.69, 9.17) is 4.74 Å². The van der Waals surface area contributed by atoms with Crippen molar-refractivity contribution in [1.29, 1.82) is 0 Å². The van der Waals surface area contributed by atoms with Crippen LogP contribution in [0.15, 0.2) is 34.6 Å². The van der Waals surface area contributed by atoms with Gasteiger partial charge in [0.25, 0.3) is 0 Å². The molecular weight excluding hydrogens is 308 g/mol. The van der Waals surface area contributed by atoms with Gasteiger partial charge >= 0.3 is 0 Å². The number of rotatable bonds is 7. The molecule has 0 spiro atoms. The first-order valence-electron chi connectivity index (χ1n) is 7.69. The Hall–Kier alpha value is -2.08. The van der Waals surface area contributed by atoms with Gasteiger partial charge in [0.05, 0.1) is 12.1 Å². The van der Waals surface area contributed by atoms with Crippen LogP contribution >= 0.6 is 11.3 Å². The van der Waals surface area contributed by atoms with Crippen LogP contribution in [-0.4, -0.2) is 31.6 Å².